The van der Waals surface area contributed by atoms with E-state index in [2.05, 4.69) is 79.8 Å². The summed E-state index contributed by atoms with van der Waals surface area (Å²) >= 11 is 1.78. The molecule has 1 rings (SSSR count). The second-order valence-corrected chi connectivity index (χ2v) is 7.15. The lowest BCUT2D eigenvalue weighted by atomic mass is 10.0. The van der Waals surface area contributed by atoms with E-state index in [9.17, 15) is 0 Å². The normalized spacial score (nSPS) is 12.6. The second kappa shape index (κ2) is 8.44. The lowest BCUT2D eigenvalue weighted by Gasteiger charge is -2.33. The Labute approximate surface area is 139 Å². The molecule has 0 fully saturated rings. The lowest BCUT2D eigenvalue weighted by molar-refractivity contribution is 0.197. The van der Waals surface area contributed by atoms with Gasteiger partial charge in [0, 0.05) is 30.6 Å². The van der Waals surface area contributed by atoms with Crippen LogP contribution in [0, 0.1) is 6.92 Å². The molecule has 4 nitrogen and oxygen atoms in total. The van der Waals surface area contributed by atoms with Crippen molar-refractivity contribution in [3.8, 4) is 0 Å². The largest absolute Gasteiger partial charge is 0.355 e. The number of hydrogen-bond acceptors (Lipinski definition) is 3. The second-order valence-electron chi connectivity index (χ2n) is 6.30. The summed E-state index contributed by atoms with van der Waals surface area (Å²) in [5.41, 5.74) is 2.67. The molecule has 0 unspecified atom stereocenters. The average Bonchev–Trinajstić information content (AvgIpc) is 2.48. The molecule has 0 aliphatic rings. The minimum atomic E-state index is 0.0753. The zero-order valence-corrected chi connectivity index (χ0v) is 15.8. The van der Waals surface area contributed by atoms with E-state index in [4.69, 9.17) is 0 Å². The Morgan fingerprint density at radius 1 is 1.27 bits per heavy atom. The van der Waals surface area contributed by atoms with Gasteiger partial charge in [-0.25, -0.2) is 0 Å². The summed E-state index contributed by atoms with van der Waals surface area (Å²) in [6.07, 6.45) is 2.12. The smallest absolute Gasteiger partial charge is 0.191 e. The molecule has 0 aromatic heterocycles. The van der Waals surface area contributed by atoms with Crippen LogP contribution in [-0.2, 0) is 6.54 Å². The summed E-state index contributed by atoms with van der Waals surface area (Å²) in [5.74, 6) is 0.836. The minimum absolute atomic E-state index is 0.0753. The van der Waals surface area contributed by atoms with Crippen LogP contribution in [0.25, 0.3) is 0 Å². The van der Waals surface area contributed by atoms with E-state index < -0.39 is 0 Å². The van der Waals surface area contributed by atoms with Gasteiger partial charge in [0.25, 0.3) is 0 Å². The van der Waals surface area contributed by atoms with Gasteiger partial charge in [-0.2, -0.15) is 0 Å². The Hall–Kier alpha value is -1.20. The van der Waals surface area contributed by atoms with Gasteiger partial charge in [0.2, 0.25) is 0 Å². The van der Waals surface area contributed by atoms with Crippen molar-refractivity contribution in [3.63, 3.8) is 0 Å². The summed E-state index contributed by atoms with van der Waals surface area (Å²) in [7, 11) is 5.99. The molecule has 1 aromatic rings. The van der Waals surface area contributed by atoms with E-state index in [1.807, 2.05) is 7.05 Å². The van der Waals surface area contributed by atoms with Gasteiger partial charge in [-0.1, -0.05) is 12.1 Å². The highest BCUT2D eigenvalue weighted by Crippen LogP contribution is 2.21. The SMILES string of the molecule is CN=C(NCc1ccc(C)cc1SC)NCC(C)(C)N(C)C. The number of thioether (sulfide) groups is 1. The first kappa shape index (κ1) is 18.8. The third-order valence-electron chi connectivity index (χ3n) is 4.01. The maximum atomic E-state index is 4.31. The van der Waals surface area contributed by atoms with E-state index >= 15 is 0 Å². The summed E-state index contributed by atoms with van der Waals surface area (Å²) in [6.45, 7) is 8.15. The highest BCUT2D eigenvalue weighted by atomic mass is 32.2. The number of aryl methyl sites for hydroxylation is 1. The molecule has 0 saturated heterocycles. The molecular formula is C17H30N4S. The lowest BCUT2D eigenvalue weighted by Crippen LogP contribution is -2.50. The van der Waals surface area contributed by atoms with Crippen molar-refractivity contribution in [2.75, 3.05) is 33.9 Å². The summed E-state index contributed by atoms with van der Waals surface area (Å²) in [5, 5.41) is 6.80. The molecule has 0 saturated carbocycles. The summed E-state index contributed by atoms with van der Waals surface area (Å²) in [4.78, 5) is 7.83. The first-order valence-corrected chi connectivity index (χ1v) is 8.78. The van der Waals surface area contributed by atoms with E-state index in [0.717, 1.165) is 19.0 Å². The maximum Gasteiger partial charge on any atom is 0.191 e. The monoisotopic (exact) mass is 322 g/mol. The molecule has 22 heavy (non-hydrogen) atoms. The quantitative estimate of drug-likeness (QED) is 0.480. The van der Waals surface area contributed by atoms with E-state index in [1.54, 1.807) is 11.8 Å². The van der Waals surface area contributed by atoms with Crippen molar-refractivity contribution in [2.24, 2.45) is 4.99 Å². The van der Waals surface area contributed by atoms with Crippen molar-refractivity contribution < 1.29 is 0 Å². The van der Waals surface area contributed by atoms with Gasteiger partial charge in [-0.15, -0.1) is 11.8 Å². The predicted molar refractivity (Wildman–Crippen MR) is 98.9 cm³/mol. The Balaban J connectivity index is 2.62. The predicted octanol–water partition coefficient (Wildman–Crippen LogP) is 2.72. The molecule has 1 aromatic carbocycles. The molecule has 0 amide bonds. The van der Waals surface area contributed by atoms with E-state index in [1.165, 1.54) is 16.0 Å². The number of aliphatic imine (C=N–C) groups is 1. The molecule has 0 heterocycles. The van der Waals surface area contributed by atoms with Gasteiger partial charge < -0.3 is 15.5 Å². The van der Waals surface area contributed by atoms with Gasteiger partial charge >= 0.3 is 0 Å². The fourth-order valence-electron chi connectivity index (χ4n) is 1.86. The molecule has 0 bridgehead atoms. The van der Waals surface area contributed by atoms with Crippen molar-refractivity contribution >= 4 is 17.7 Å². The van der Waals surface area contributed by atoms with Crippen LogP contribution in [0.3, 0.4) is 0 Å². The van der Waals surface area contributed by atoms with Gasteiger partial charge in [-0.3, -0.25) is 4.99 Å². The fourth-order valence-corrected chi connectivity index (χ4v) is 2.56. The number of hydrogen-bond donors (Lipinski definition) is 2. The maximum absolute atomic E-state index is 4.31. The van der Waals surface area contributed by atoms with Crippen molar-refractivity contribution in [3.05, 3.63) is 29.3 Å². The van der Waals surface area contributed by atoms with Crippen molar-refractivity contribution in [1.82, 2.24) is 15.5 Å². The zero-order valence-electron chi connectivity index (χ0n) is 14.9. The summed E-state index contributed by atoms with van der Waals surface area (Å²) < 4.78 is 0. The van der Waals surface area contributed by atoms with Crippen LogP contribution in [0.15, 0.2) is 28.1 Å². The first-order chi connectivity index (χ1) is 10.3. The number of nitrogens with one attached hydrogen (secondary N) is 2. The third-order valence-corrected chi connectivity index (χ3v) is 4.83. The van der Waals surface area contributed by atoms with Crippen LogP contribution in [0.5, 0.6) is 0 Å². The molecule has 0 aliphatic heterocycles. The first-order valence-electron chi connectivity index (χ1n) is 7.55. The standard InChI is InChI=1S/C17H30N4S/c1-13-8-9-14(15(10-13)22-7)11-19-16(18-4)20-12-17(2,3)21(5)6/h8-10H,11-12H2,1-7H3,(H2,18,19,20). The van der Waals surface area contributed by atoms with Crippen molar-refractivity contribution in [1.29, 1.82) is 0 Å². The molecule has 5 heteroatoms. The van der Waals surface area contributed by atoms with Crippen LogP contribution in [0.2, 0.25) is 0 Å². The van der Waals surface area contributed by atoms with Crippen LogP contribution in [0.1, 0.15) is 25.0 Å². The number of benzene rings is 1. The van der Waals surface area contributed by atoms with Gasteiger partial charge in [0.05, 0.1) is 0 Å². The highest BCUT2D eigenvalue weighted by molar-refractivity contribution is 7.98. The topological polar surface area (TPSA) is 39.7 Å². The molecule has 0 spiro atoms. The Morgan fingerprint density at radius 3 is 2.50 bits per heavy atom. The van der Waals surface area contributed by atoms with E-state index in [0.29, 0.717) is 0 Å². The molecule has 2 N–H and O–H groups in total. The Morgan fingerprint density at radius 2 is 1.95 bits per heavy atom. The molecule has 124 valence electrons. The molecular weight excluding hydrogens is 292 g/mol. The Kier molecular flexibility index (Phi) is 7.23. The van der Waals surface area contributed by atoms with Crippen LogP contribution in [-0.4, -0.2) is 50.3 Å². The average molecular weight is 323 g/mol. The molecule has 0 radical (unpaired) electrons. The molecule has 0 atom stereocenters. The van der Waals surface area contributed by atoms with Gasteiger partial charge in [0.15, 0.2) is 5.96 Å². The molecule has 0 aliphatic carbocycles. The van der Waals surface area contributed by atoms with Crippen LogP contribution >= 0.6 is 11.8 Å². The Bertz CT molecular complexity index is 509. The van der Waals surface area contributed by atoms with Crippen LogP contribution < -0.4 is 10.6 Å². The minimum Gasteiger partial charge on any atom is -0.355 e. The van der Waals surface area contributed by atoms with Gasteiger partial charge in [0.1, 0.15) is 0 Å². The zero-order chi connectivity index (χ0) is 16.8. The fraction of sp³-hybridized carbons (Fsp3) is 0.588. The number of guanidine groups is 1. The number of likely N-dealkylation sites (N-methyl/N-ethyl adjacent to an activating group) is 1. The number of rotatable bonds is 6. The van der Waals surface area contributed by atoms with Crippen molar-refractivity contribution in [2.45, 2.75) is 37.8 Å². The summed E-state index contributed by atoms with van der Waals surface area (Å²) in [6, 6.07) is 6.57. The third kappa shape index (κ3) is 5.54. The number of nitrogens with zero attached hydrogens (tertiary/aromatic N) is 2. The van der Waals surface area contributed by atoms with E-state index in [-0.39, 0.29) is 5.54 Å². The van der Waals surface area contributed by atoms with Crippen LogP contribution in [0.4, 0.5) is 0 Å². The highest BCUT2D eigenvalue weighted by Gasteiger charge is 2.20. The van der Waals surface area contributed by atoms with Gasteiger partial charge in [-0.05, 0) is 58.3 Å².